The zero-order chi connectivity index (χ0) is 16.9. The first-order valence-electron chi connectivity index (χ1n) is 8.09. The molecule has 0 saturated carbocycles. The van der Waals surface area contributed by atoms with Crippen LogP contribution in [-0.2, 0) is 6.54 Å². The van der Waals surface area contributed by atoms with Gasteiger partial charge >= 0.3 is 6.03 Å². The van der Waals surface area contributed by atoms with Gasteiger partial charge in [0.1, 0.15) is 11.6 Å². The molecular weight excluding hydrogens is 324 g/mol. The van der Waals surface area contributed by atoms with Gasteiger partial charge in [-0.1, -0.05) is 0 Å². The largest absolute Gasteiger partial charge is 0.323 e. The van der Waals surface area contributed by atoms with Crippen LogP contribution in [0.5, 0.6) is 0 Å². The lowest BCUT2D eigenvalue weighted by Crippen LogP contribution is -2.38. The van der Waals surface area contributed by atoms with Gasteiger partial charge in [-0.15, -0.1) is 11.3 Å². The molecule has 3 heterocycles. The second kappa shape index (κ2) is 7.67. The molecule has 128 valence electrons. The second-order valence-corrected chi connectivity index (χ2v) is 6.96. The lowest BCUT2D eigenvalue weighted by Gasteiger charge is -2.21. The number of urea groups is 1. The van der Waals surface area contributed by atoms with E-state index in [1.807, 2.05) is 11.8 Å². The normalized spacial score (nSPS) is 16.0. The van der Waals surface area contributed by atoms with Crippen LogP contribution >= 0.6 is 11.3 Å². The fraction of sp³-hybridized carbons (Fsp3) is 0.500. The molecule has 1 N–H and O–H groups in total. The number of nitrogens with one attached hydrogen (secondary N) is 1. The van der Waals surface area contributed by atoms with Gasteiger partial charge in [-0.3, -0.25) is 10.2 Å². The van der Waals surface area contributed by atoms with Crippen molar-refractivity contribution in [3.8, 4) is 0 Å². The van der Waals surface area contributed by atoms with Crippen LogP contribution in [0.4, 0.5) is 10.6 Å². The molecule has 3 rings (SSSR count). The van der Waals surface area contributed by atoms with E-state index in [0.717, 1.165) is 43.3 Å². The predicted molar refractivity (Wildman–Crippen MR) is 94.1 cm³/mol. The van der Waals surface area contributed by atoms with Crippen molar-refractivity contribution in [2.45, 2.75) is 26.8 Å². The van der Waals surface area contributed by atoms with E-state index in [0.29, 0.717) is 18.2 Å². The third kappa shape index (κ3) is 4.48. The summed E-state index contributed by atoms with van der Waals surface area (Å²) in [5.41, 5.74) is 1.12. The van der Waals surface area contributed by atoms with E-state index in [9.17, 15) is 4.79 Å². The number of thiazole rings is 1. The molecule has 1 aliphatic rings. The number of rotatable bonds is 3. The SMILES string of the molecule is Cc1nccc(NC(=O)N2CCCN(Cc3csc(C)n3)CC2)n1. The summed E-state index contributed by atoms with van der Waals surface area (Å²) >= 11 is 1.68. The maximum absolute atomic E-state index is 12.4. The van der Waals surface area contributed by atoms with Gasteiger partial charge in [0, 0.05) is 44.3 Å². The van der Waals surface area contributed by atoms with Gasteiger partial charge in [0.2, 0.25) is 0 Å². The first-order chi connectivity index (χ1) is 11.6. The molecule has 0 aromatic carbocycles. The molecule has 1 saturated heterocycles. The van der Waals surface area contributed by atoms with E-state index in [-0.39, 0.29) is 6.03 Å². The molecule has 0 unspecified atom stereocenters. The maximum atomic E-state index is 12.4. The van der Waals surface area contributed by atoms with Gasteiger partial charge in [-0.05, 0) is 26.3 Å². The minimum Gasteiger partial charge on any atom is -0.323 e. The zero-order valence-corrected chi connectivity index (χ0v) is 14.8. The summed E-state index contributed by atoms with van der Waals surface area (Å²) in [5, 5.41) is 6.07. The molecule has 0 spiro atoms. The van der Waals surface area contributed by atoms with Crippen LogP contribution < -0.4 is 5.32 Å². The third-order valence-electron chi connectivity index (χ3n) is 3.94. The number of aryl methyl sites for hydroxylation is 2. The molecule has 2 aromatic rings. The van der Waals surface area contributed by atoms with Crippen LogP contribution in [0.2, 0.25) is 0 Å². The van der Waals surface area contributed by atoms with Crippen LogP contribution in [0, 0.1) is 13.8 Å². The van der Waals surface area contributed by atoms with Crippen LogP contribution in [0.25, 0.3) is 0 Å². The predicted octanol–water partition coefficient (Wildman–Crippen LogP) is 2.29. The molecular formula is C16H22N6OS. The van der Waals surface area contributed by atoms with E-state index < -0.39 is 0 Å². The lowest BCUT2D eigenvalue weighted by molar-refractivity contribution is 0.210. The highest BCUT2D eigenvalue weighted by Crippen LogP contribution is 2.13. The van der Waals surface area contributed by atoms with Crippen molar-refractivity contribution >= 4 is 23.2 Å². The molecule has 1 aliphatic heterocycles. The molecule has 24 heavy (non-hydrogen) atoms. The number of amides is 2. The van der Waals surface area contributed by atoms with Crippen LogP contribution in [0.3, 0.4) is 0 Å². The first kappa shape index (κ1) is 16.8. The van der Waals surface area contributed by atoms with E-state index in [1.165, 1.54) is 0 Å². The maximum Gasteiger partial charge on any atom is 0.323 e. The minimum absolute atomic E-state index is 0.0977. The number of aromatic nitrogens is 3. The molecule has 0 radical (unpaired) electrons. The Hall–Kier alpha value is -2.06. The minimum atomic E-state index is -0.0977. The second-order valence-electron chi connectivity index (χ2n) is 5.89. The molecule has 8 heteroatoms. The molecule has 0 bridgehead atoms. The van der Waals surface area contributed by atoms with E-state index in [1.54, 1.807) is 30.5 Å². The highest BCUT2D eigenvalue weighted by Gasteiger charge is 2.20. The van der Waals surface area contributed by atoms with Crippen molar-refractivity contribution in [3.63, 3.8) is 0 Å². The van der Waals surface area contributed by atoms with Gasteiger partial charge in [-0.25, -0.2) is 19.7 Å². The van der Waals surface area contributed by atoms with Gasteiger partial charge in [0.25, 0.3) is 0 Å². The van der Waals surface area contributed by atoms with E-state index >= 15 is 0 Å². The standard InChI is InChI=1S/C16H22N6OS/c1-12-17-5-4-15(18-12)20-16(23)22-7-3-6-21(8-9-22)10-14-11-24-13(2)19-14/h4-5,11H,3,6-10H2,1-2H3,(H,17,18,20,23). The molecule has 0 aliphatic carbocycles. The summed E-state index contributed by atoms with van der Waals surface area (Å²) in [7, 11) is 0. The van der Waals surface area contributed by atoms with Crippen molar-refractivity contribution in [2.24, 2.45) is 0 Å². The number of nitrogens with zero attached hydrogens (tertiary/aromatic N) is 5. The third-order valence-corrected chi connectivity index (χ3v) is 4.76. The van der Waals surface area contributed by atoms with Crippen LogP contribution in [0.1, 0.15) is 22.9 Å². The lowest BCUT2D eigenvalue weighted by atomic mass is 10.3. The quantitative estimate of drug-likeness (QED) is 0.923. The highest BCUT2D eigenvalue weighted by atomic mass is 32.1. The monoisotopic (exact) mass is 346 g/mol. The fourth-order valence-corrected chi connectivity index (χ4v) is 3.36. The molecule has 1 fully saturated rings. The van der Waals surface area contributed by atoms with Gasteiger partial charge in [0.05, 0.1) is 10.7 Å². The summed E-state index contributed by atoms with van der Waals surface area (Å²) in [6.07, 6.45) is 2.61. The van der Waals surface area contributed by atoms with E-state index in [4.69, 9.17) is 0 Å². The Labute approximate surface area is 145 Å². The molecule has 7 nitrogen and oxygen atoms in total. The Balaban J connectivity index is 1.53. The highest BCUT2D eigenvalue weighted by molar-refractivity contribution is 7.09. The summed E-state index contributed by atoms with van der Waals surface area (Å²) in [6, 6.07) is 1.61. The number of anilines is 1. The van der Waals surface area contributed by atoms with Crippen LogP contribution in [-0.4, -0.2) is 57.0 Å². The Morgan fingerprint density at radius 1 is 1.25 bits per heavy atom. The fourth-order valence-electron chi connectivity index (χ4n) is 2.76. The van der Waals surface area contributed by atoms with Gasteiger partial charge in [0.15, 0.2) is 0 Å². The summed E-state index contributed by atoms with van der Waals surface area (Å²) in [4.78, 5) is 29.4. The van der Waals surface area contributed by atoms with Crippen molar-refractivity contribution < 1.29 is 4.79 Å². The average molecular weight is 346 g/mol. The topological polar surface area (TPSA) is 74.2 Å². The first-order valence-corrected chi connectivity index (χ1v) is 8.97. The van der Waals surface area contributed by atoms with Crippen molar-refractivity contribution in [1.29, 1.82) is 0 Å². The Morgan fingerprint density at radius 3 is 2.88 bits per heavy atom. The van der Waals surface area contributed by atoms with Crippen molar-refractivity contribution in [1.82, 2.24) is 24.8 Å². The van der Waals surface area contributed by atoms with Gasteiger partial charge < -0.3 is 4.90 Å². The zero-order valence-electron chi connectivity index (χ0n) is 14.0. The number of hydrogen-bond acceptors (Lipinski definition) is 6. The Morgan fingerprint density at radius 2 is 2.12 bits per heavy atom. The molecule has 2 aromatic heterocycles. The van der Waals surface area contributed by atoms with Crippen LogP contribution in [0.15, 0.2) is 17.6 Å². The Bertz CT molecular complexity index is 703. The molecule has 0 atom stereocenters. The average Bonchev–Trinajstić information content (AvgIpc) is 2.81. The van der Waals surface area contributed by atoms with Crippen molar-refractivity contribution in [2.75, 3.05) is 31.5 Å². The Kier molecular flexibility index (Phi) is 5.37. The smallest absolute Gasteiger partial charge is 0.323 e. The van der Waals surface area contributed by atoms with Crippen molar-refractivity contribution in [3.05, 3.63) is 34.2 Å². The summed E-state index contributed by atoms with van der Waals surface area (Å²) < 4.78 is 0. The van der Waals surface area contributed by atoms with Gasteiger partial charge in [-0.2, -0.15) is 0 Å². The summed E-state index contributed by atoms with van der Waals surface area (Å²) in [5.74, 6) is 1.19. The number of hydrogen-bond donors (Lipinski definition) is 1. The van der Waals surface area contributed by atoms with E-state index in [2.05, 4.69) is 30.5 Å². The number of carbonyl (C=O) groups is 1. The molecule has 2 amide bonds. The summed E-state index contributed by atoms with van der Waals surface area (Å²) in [6.45, 7) is 7.98. The number of carbonyl (C=O) groups excluding carboxylic acids is 1.